The van der Waals surface area contributed by atoms with E-state index in [9.17, 15) is 9.90 Å². The maximum Gasteiger partial charge on any atom is 0.251 e. The van der Waals surface area contributed by atoms with Crippen LogP contribution in [0.25, 0.3) is 0 Å². The Morgan fingerprint density at radius 2 is 1.83 bits per heavy atom. The Kier molecular flexibility index (Phi) is 10.9. The van der Waals surface area contributed by atoms with Gasteiger partial charge in [-0.05, 0) is 42.2 Å². The number of benzene rings is 2. The first-order chi connectivity index (χ1) is 13.6. The molecular weight excluding hydrogens is 483 g/mol. The molecule has 1 amide bonds. The van der Waals surface area contributed by atoms with Gasteiger partial charge >= 0.3 is 0 Å². The highest BCUT2D eigenvalue weighted by Gasteiger charge is 2.05. The van der Waals surface area contributed by atoms with Crippen LogP contribution in [0.2, 0.25) is 0 Å². The van der Waals surface area contributed by atoms with E-state index in [1.54, 1.807) is 33.3 Å². The van der Waals surface area contributed by atoms with E-state index in [1.165, 1.54) is 0 Å². The van der Waals surface area contributed by atoms with E-state index in [-0.39, 0.29) is 35.6 Å². The van der Waals surface area contributed by atoms with Crippen LogP contribution in [0.15, 0.2) is 47.5 Å². The number of hydrogen-bond donors (Lipinski definition) is 4. The van der Waals surface area contributed by atoms with Gasteiger partial charge in [0.05, 0.1) is 7.11 Å². The van der Waals surface area contributed by atoms with Gasteiger partial charge in [0.1, 0.15) is 11.5 Å². The summed E-state index contributed by atoms with van der Waals surface area (Å²) < 4.78 is 5.09. The van der Waals surface area contributed by atoms with Gasteiger partial charge in [0, 0.05) is 38.8 Å². The lowest BCUT2D eigenvalue weighted by Crippen LogP contribution is -2.39. The highest BCUT2D eigenvalue weighted by Crippen LogP contribution is 2.23. The molecule has 0 aliphatic heterocycles. The van der Waals surface area contributed by atoms with Gasteiger partial charge in [0.2, 0.25) is 0 Å². The van der Waals surface area contributed by atoms with Crippen LogP contribution in [0.5, 0.6) is 11.5 Å². The van der Waals surface area contributed by atoms with Crippen molar-refractivity contribution in [3.63, 3.8) is 0 Å². The summed E-state index contributed by atoms with van der Waals surface area (Å²) in [6, 6.07) is 12.9. The van der Waals surface area contributed by atoms with Gasteiger partial charge in [-0.1, -0.05) is 18.2 Å². The summed E-state index contributed by atoms with van der Waals surface area (Å²) in [4.78, 5) is 15.9. The predicted octanol–water partition coefficient (Wildman–Crippen LogP) is 2.33. The summed E-state index contributed by atoms with van der Waals surface area (Å²) in [5.41, 5.74) is 2.57. The van der Waals surface area contributed by atoms with Crippen LogP contribution in [0, 0.1) is 0 Å². The maximum atomic E-state index is 11.7. The van der Waals surface area contributed by atoms with Crippen molar-refractivity contribution in [2.24, 2.45) is 4.99 Å². The highest BCUT2D eigenvalue weighted by atomic mass is 127. The summed E-state index contributed by atoms with van der Waals surface area (Å²) in [5, 5.41) is 19.1. The minimum absolute atomic E-state index is 0. The van der Waals surface area contributed by atoms with Crippen molar-refractivity contribution in [2.45, 2.75) is 12.8 Å². The number of ether oxygens (including phenoxy) is 1. The fraction of sp³-hybridized carbons (Fsp3) is 0.333. The van der Waals surface area contributed by atoms with Gasteiger partial charge in [-0.15, -0.1) is 24.0 Å². The molecule has 4 N–H and O–H groups in total. The molecular formula is C21H29IN4O3. The number of guanidine groups is 1. The molecule has 0 atom stereocenters. The van der Waals surface area contributed by atoms with Crippen LogP contribution in [-0.2, 0) is 12.8 Å². The second-order valence-electron chi connectivity index (χ2n) is 6.20. The predicted molar refractivity (Wildman–Crippen MR) is 127 cm³/mol. The molecule has 0 fully saturated rings. The number of carbonyl (C=O) groups is 1. The van der Waals surface area contributed by atoms with Gasteiger partial charge in [0.15, 0.2) is 5.96 Å². The molecule has 0 aromatic heterocycles. The summed E-state index contributed by atoms with van der Waals surface area (Å²) in [5.74, 6) is 1.46. The van der Waals surface area contributed by atoms with Crippen molar-refractivity contribution < 1.29 is 14.6 Å². The molecule has 29 heavy (non-hydrogen) atoms. The average molecular weight is 512 g/mol. The van der Waals surface area contributed by atoms with E-state index >= 15 is 0 Å². The molecule has 8 heteroatoms. The van der Waals surface area contributed by atoms with E-state index in [1.807, 2.05) is 30.3 Å². The van der Waals surface area contributed by atoms with Gasteiger partial charge in [0.25, 0.3) is 5.91 Å². The third-order valence-electron chi connectivity index (χ3n) is 4.33. The summed E-state index contributed by atoms with van der Waals surface area (Å²) in [6.07, 6.45) is 1.43. The van der Waals surface area contributed by atoms with Crippen LogP contribution >= 0.6 is 24.0 Å². The number of aromatic hydroxyl groups is 1. The SMILES string of the molecule is CN=C(NCCc1cccc(C(=O)NC)c1)NCCc1ccc(OC)cc1O.I. The van der Waals surface area contributed by atoms with Crippen molar-refractivity contribution in [3.8, 4) is 11.5 Å². The second-order valence-corrected chi connectivity index (χ2v) is 6.20. The number of aliphatic imine (C=N–C) groups is 1. The van der Waals surface area contributed by atoms with E-state index in [0.717, 1.165) is 17.5 Å². The lowest BCUT2D eigenvalue weighted by Gasteiger charge is -2.13. The van der Waals surface area contributed by atoms with E-state index in [0.29, 0.717) is 36.8 Å². The lowest BCUT2D eigenvalue weighted by molar-refractivity contribution is 0.0963. The minimum Gasteiger partial charge on any atom is -0.508 e. The lowest BCUT2D eigenvalue weighted by atomic mass is 10.1. The van der Waals surface area contributed by atoms with Crippen LogP contribution in [0.1, 0.15) is 21.5 Å². The monoisotopic (exact) mass is 512 g/mol. The Bertz CT molecular complexity index is 827. The van der Waals surface area contributed by atoms with Gasteiger partial charge in [-0.2, -0.15) is 0 Å². The molecule has 0 aliphatic carbocycles. The number of rotatable bonds is 8. The molecule has 0 radical (unpaired) electrons. The molecule has 0 unspecified atom stereocenters. The first-order valence-electron chi connectivity index (χ1n) is 9.18. The zero-order valence-corrected chi connectivity index (χ0v) is 19.3. The second kappa shape index (κ2) is 12.9. The highest BCUT2D eigenvalue weighted by molar-refractivity contribution is 14.0. The quantitative estimate of drug-likeness (QED) is 0.248. The number of nitrogens with one attached hydrogen (secondary N) is 3. The Morgan fingerprint density at radius 1 is 1.10 bits per heavy atom. The number of hydrogen-bond acceptors (Lipinski definition) is 4. The molecule has 0 saturated carbocycles. The molecule has 2 aromatic carbocycles. The number of phenolic OH excluding ortho intramolecular Hbond substituents is 1. The minimum atomic E-state index is -0.0888. The molecule has 0 aliphatic rings. The van der Waals surface area contributed by atoms with Crippen LogP contribution in [0.3, 0.4) is 0 Å². The normalized spacial score (nSPS) is 10.7. The summed E-state index contributed by atoms with van der Waals surface area (Å²) in [7, 11) is 4.91. The first-order valence-corrected chi connectivity index (χ1v) is 9.18. The van der Waals surface area contributed by atoms with Gasteiger partial charge < -0.3 is 25.8 Å². The van der Waals surface area contributed by atoms with E-state index in [4.69, 9.17) is 4.74 Å². The third kappa shape index (κ3) is 7.80. The maximum absolute atomic E-state index is 11.7. The van der Waals surface area contributed by atoms with Crippen molar-refractivity contribution in [3.05, 3.63) is 59.2 Å². The molecule has 2 aromatic rings. The smallest absolute Gasteiger partial charge is 0.251 e. The zero-order chi connectivity index (χ0) is 20.4. The van der Waals surface area contributed by atoms with Crippen LogP contribution in [-0.4, -0.2) is 51.3 Å². The van der Waals surface area contributed by atoms with Crippen molar-refractivity contribution in [1.29, 1.82) is 0 Å². The molecule has 7 nitrogen and oxygen atoms in total. The molecule has 158 valence electrons. The average Bonchev–Trinajstić information content (AvgIpc) is 2.73. The van der Waals surface area contributed by atoms with Crippen LogP contribution in [0.4, 0.5) is 0 Å². The number of nitrogens with zero attached hydrogens (tertiary/aromatic N) is 1. The number of halogens is 1. The fourth-order valence-electron chi connectivity index (χ4n) is 2.76. The standard InChI is InChI=1S/C21H28N4O3.HI/c1-22-20(27)17-6-4-5-15(13-17)9-11-24-21(23-2)25-12-10-16-7-8-18(28-3)14-19(16)26;/h4-8,13-14,26H,9-12H2,1-3H3,(H,22,27)(H2,23,24,25);1H. The van der Waals surface area contributed by atoms with Crippen molar-refractivity contribution in [2.75, 3.05) is 34.3 Å². The van der Waals surface area contributed by atoms with Crippen molar-refractivity contribution in [1.82, 2.24) is 16.0 Å². The number of methoxy groups -OCH3 is 1. The van der Waals surface area contributed by atoms with E-state index < -0.39 is 0 Å². The molecule has 2 rings (SSSR count). The zero-order valence-electron chi connectivity index (χ0n) is 17.0. The van der Waals surface area contributed by atoms with Crippen LogP contribution < -0.4 is 20.7 Å². The Hall–Kier alpha value is -2.49. The molecule has 0 spiro atoms. The topological polar surface area (TPSA) is 95.0 Å². The third-order valence-corrected chi connectivity index (χ3v) is 4.33. The Morgan fingerprint density at radius 3 is 2.45 bits per heavy atom. The number of phenols is 1. The van der Waals surface area contributed by atoms with Crippen molar-refractivity contribution >= 4 is 35.8 Å². The number of amides is 1. The van der Waals surface area contributed by atoms with E-state index in [2.05, 4.69) is 20.9 Å². The van der Waals surface area contributed by atoms with Gasteiger partial charge in [-0.3, -0.25) is 9.79 Å². The number of carbonyl (C=O) groups excluding carboxylic acids is 1. The first kappa shape index (κ1) is 24.5. The largest absolute Gasteiger partial charge is 0.508 e. The van der Waals surface area contributed by atoms with Gasteiger partial charge in [-0.25, -0.2) is 0 Å². The molecule has 0 saturated heterocycles. The molecule has 0 heterocycles. The fourth-order valence-corrected chi connectivity index (χ4v) is 2.76. The summed E-state index contributed by atoms with van der Waals surface area (Å²) >= 11 is 0. The summed E-state index contributed by atoms with van der Waals surface area (Å²) in [6.45, 7) is 1.32. The molecule has 0 bridgehead atoms. The Balaban J connectivity index is 0.00000420. The Labute approximate surface area is 189 Å².